The first-order valence-electron chi connectivity index (χ1n) is 15.1. The molecule has 12 heteroatoms. The lowest BCUT2D eigenvalue weighted by Crippen LogP contribution is -2.26. The van der Waals surface area contributed by atoms with Crippen molar-refractivity contribution in [3.05, 3.63) is 94.0 Å². The molecule has 0 radical (unpaired) electrons. The molecule has 46 heavy (non-hydrogen) atoms. The Balaban J connectivity index is 1.39. The zero-order chi connectivity index (χ0) is 32.8. The van der Waals surface area contributed by atoms with E-state index in [1.54, 1.807) is 24.3 Å². The molecular weight excluding hydrogens is 730 g/mol. The van der Waals surface area contributed by atoms with E-state index in [-0.39, 0.29) is 29.5 Å². The molecule has 1 saturated carbocycles. The standard InChI is InChI=1S/C34H33F3IN3O4S/c35-34(36,37)26-17-25(19-38)30-28(18-26)40-33(46-30)41-32(45)27(23-12-10-22(11-13-23)21-4-2-1-3-5-21)16-20-6-8-24(9-7-20)31(44)39-15-14-29(42)43/h6-13,17-18,21,27H,1-5,14-16,19H2,(H,39,44)(H,42,43)(H,40,41,45). The number of carboxylic acids is 1. The molecule has 1 aliphatic rings. The van der Waals surface area contributed by atoms with Crippen molar-refractivity contribution in [3.8, 4) is 0 Å². The molecule has 1 atom stereocenters. The third kappa shape index (κ3) is 8.44. The number of hydrogen-bond donors (Lipinski definition) is 3. The number of nitrogens with one attached hydrogen (secondary N) is 2. The number of rotatable bonds is 11. The Hall–Kier alpha value is -3.52. The summed E-state index contributed by atoms with van der Waals surface area (Å²) in [4.78, 5) is 41.4. The number of benzene rings is 3. The maximum Gasteiger partial charge on any atom is 0.416 e. The lowest BCUT2D eigenvalue weighted by atomic mass is 9.83. The van der Waals surface area contributed by atoms with Crippen molar-refractivity contribution < 1.29 is 32.7 Å². The van der Waals surface area contributed by atoms with Gasteiger partial charge in [0.05, 0.1) is 28.1 Å². The average Bonchev–Trinajstić information content (AvgIpc) is 3.45. The summed E-state index contributed by atoms with van der Waals surface area (Å²) < 4.78 is 41.5. The van der Waals surface area contributed by atoms with Gasteiger partial charge >= 0.3 is 12.1 Å². The number of aromatic nitrogens is 1. The van der Waals surface area contributed by atoms with Crippen molar-refractivity contribution in [3.63, 3.8) is 0 Å². The summed E-state index contributed by atoms with van der Waals surface area (Å²) in [5.74, 6) is -1.88. The van der Waals surface area contributed by atoms with Crippen molar-refractivity contribution >= 4 is 67.1 Å². The number of carbonyl (C=O) groups excluding carboxylic acids is 2. The molecule has 3 aromatic carbocycles. The number of hydrogen-bond acceptors (Lipinski definition) is 5. The summed E-state index contributed by atoms with van der Waals surface area (Å²) in [7, 11) is 0. The minimum Gasteiger partial charge on any atom is -0.481 e. The number of aliphatic carboxylic acids is 1. The summed E-state index contributed by atoms with van der Waals surface area (Å²) in [6.07, 6.45) is 1.56. The van der Waals surface area contributed by atoms with Crippen LogP contribution in [0.4, 0.5) is 18.3 Å². The van der Waals surface area contributed by atoms with Crippen LogP contribution in [-0.2, 0) is 26.6 Å². The molecule has 242 valence electrons. The second-order valence-corrected chi connectivity index (χ2v) is 13.2. The summed E-state index contributed by atoms with van der Waals surface area (Å²) in [5, 5.41) is 14.5. The third-order valence-electron chi connectivity index (χ3n) is 8.28. The Morgan fingerprint density at radius 2 is 1.70 bits per heavy atom. The van der Waals surface area contributed by atoms with Crippen molar-refractivity contribution in [2.75, 3.05) is 11.9 Å². The molecule has 1 heterocycles. The summed E-state index contributed by atoms with van der Waals surface area (Å²) in [6.45, 7) is 0.0115. The van der Waals surface area contributed by atoms with Gasteiger partial charge in [0.15, 0.2) is 5.13 Å². The van der Waals surface area contributed by atoms with Gasteiger partial charge in [0.25, 0.3) is 5.91 Å². The van der Waals surface area contributed by atoms with E-state index >= 15 is 0 Å². The molecule has 1 unspecified atom stereocenters. The lowest BCUT2D eigenvalue weighted by Gasteiger charge is -2.23. The number of halogens is 4. The predicted molar refractivity (Wildman–Crippen MR) is 181 cm³/mol. The van der Waals surface area contributed by atoms with Gasteiger partial charge in [0.2, 0.25) is 5.91 Å². The Bertz CT molecular complexity index is 1700. The zero-order valence-electron chi connectivity index (χ0n) is 24.8. The number of thiazole rings is 1. The maximum absolute atomic E-state index is 13.9. The van der Waals surface area contributed by atoms with Crippen LogP contribution in [0.5, 0.6) is 0 Å². The Morgan fingerprint density at radius 3 is 2.33 bits per heavy atom. The van der Waals surface area contributed by atoms with Gasteiger partial charge in [-0.2, -0.15) is 13.2 Å². The molecule has 2 amide bonds. The van der Waals surface area contributed by atoms with E-state index in [2.05, 4.69) is 27.8 Å². The highest BCUT2D eigenvalue weighted by molar-refractivity contribution is 14.1. The fourth-order valence-corrected chi connectivity index (χ4v) is 7.64. The SMILES string of the molecule is O=C(O)CCNC(=O)c1ccc(CC(C(=O)Nc2nc3cc(C(F)(F)F)cc(CI)c3s2)c2ccc(C3CCCCC3)cc2)cc1. The van der Waals surface area contributed by atoms with Crippen molar-refractivity contribution in [1.82, 2.24) is 10.3 Å². The van der Waals surface area contributed by atoms with Crippen LogP contribution in [0, 0.1) is 0 Å². The van der Waals surface area contributed by atoms with E-state index in [9.17, 15) is 27.6 Å². The van der Waals surface area contributed by atoms with Crippen LogP contribution in [-0.4, -0.2) is 34.4 Å². The van der Waals surface area contributed by atoms with E-state index in [0.29, 0.717) is 32.6 Å². The molecular formula is C34H33F3IN3O4S. The topological polar surface area (TPSA) is 108 Å². The van der Waals surface area contributed by atoms with Crippen LogP contribution in [0.25, 0.3) is 10.2 Å². The number of anilines is 1. The Kier molecular flexibility index (Phi) is 11.0. The highest BCUT2D eigenvalue weighted by atomic mass is 127. The highest BCUT2D eigenvalue weighted by Gasteiger charge is 2.32. The molecule has 1 aromatic heterocycles. The number of carbonyl (C=O) groups is 3. The first-order valence-corrected chi connectivity index (χ1v) is 17.4. The third-order valence-corrected chi connectivity index (χ3v) is 10.2. The number of amides is 2. The number of fused-ring (bicyclic) bond motifs is 1. The Labute approximate surface area is 282 Å². The maximum atomic E-state index is 13.9. The van der Waals surface area contributed by atoms with E-state index in [0.717, 1.165) is 47.4 Å². The van der Waals surface area contributed by atoms with Crippen LogP contribution in [0.3, 0.4) is 0 Å². The molecule has 0 bridgehead atoms. The predicted octanol–water partition coefficient (Wildman–Crippen LogP) is 8.47. The molecule has 4 aromatic rings. The van der Waals surface area contributed by atoms with Gasteiger partial charge in [-0.05, 0) is 71.7 Å². The number of carboxylic acid groups (broad SMARTS) is 1. The van der Waals surface area contributed by atoms with Gasteiger partial charge in [-0.15, -0.1) is 0 Å². The Morgan fingerprint density at radius 1 is 1.00 bits per heavy atom. The van der Waals surface area contributed by atoms with E-state index in [1.807, 2.05) is 34.7 Å². The van der Waals surface area contributed by atoms with Gasteiger partial charge in [-0.3, -0.25) is 14.4 Å². The molecule has 1 fully saturated rings. The van der Waals surface area contributed by atoms with Gasteiger partial charge < -0.3 is 15.7 Å². The first kappa shape index (κ1) is 33.8. The van der Waals surface area contributed by atoms with Crippen molar-refractivity contribution in [2.45, 2.75) is 67.4 Å². The van der Waals surface area contributed by atoms with Gasteiger partial charge in [0, 0.05) is 16.5 Å². The van der Waals surface area contributed by atoms with Crippen LogP contribution in [0.15, 0.2) is 60.7 Å². The summed E-state index contributed by atoms with van der Waals surface area (Å²) in [5.41, 5.74) is 3.12. The fourth-order valence-electron chi connectivity index (χ4n) is 5.82. The smallest absolute Gasteiger partial charge is 0.416 e. The molecule has 0 saturated heterocycles. The summed E-state index contributed by atoms with van der Waals surface area (Å²) in [6, 6.07) is 17.0. The second-order valence-electron chi connectivity index (χ2n) is 11.5. The van der Waals surface area contributed by atoms with Crippen molar-refractivity contribution in [1.29, 1.82) is 0 Å². The quantitative estimate of drug-likeness (QED) is 0.105. The van der Waals surface area contributed by atoms with E-state index in [4.69, 9.17) is 5.11 Å². The van der Waals surface area contributed by atoms with Gasteiger partial charge in [-0.25, -0.2) is 4.98 Å². The fraction of sp³-hybridized carbons (Fsp3) is 0.353. The normalized spacial score (nSPS) is 14.6. The monoisotopic (exact) mass is 763 g/mol. The molecule has 7 nitrogen and oxygen atoms in total. The molecule has 0 aliphatic heterocycles. The number of nitrogens with zero attached hydrogens (tertiary/aromatic N) is 1. The minimum atomic E-state index is -4.51. The van der Waals surface area contributed by atoms with Gasteiger partial charge in [0.1, 0.15) is 0 Å². The van der Waals surface area contributed by atoms with Crippen LogP contribution < -0.4 is 10.6 Å². The van der Waals surface area contributed by atoms with E-state index < -0.39 is 29.5 Å². The largest absolute Gasteiger partial charge is 0.481 e. The molecule has 0 spiro atoms. The highest BCUT2D eigenvalue weighted by Crippen LogP contribution is 2.38. The second kappa shape index (κ2) is 14.9. The lowest BCUT2D eigenvalue weighted by molar-refractivity contribution is -0.138. The van der Waals surface area contributed by atoms with Crippen LogP contribution in [0.1, 0.15) is 88.5 Å². The molecule has 1 aliphatic carbocycles. The van der Waals surface area contributed by atoms with Crippen LogP contribution >= 0.6 is 33.9 Å². The average molecular weight is 764 g/mol. The zero-order valence-corrected chi connectivity index (χ0v) is 27.8. The first-order chi connectivity index (χ1) is 22.0. The number of alkyl halides is 4. The van der Waals surface area contributed by atoms with Crippen molar-refractivity contribution in [2.24, 2.45) is 0 Å². The minimum absolute atomic E-state index is 0.0115. The molecule has 3 N–H and O–H groups in total. The van der Waals surface area contributed by atoms with Crippen LogP contribution in [0.2, 0.25) is 0 Å². The molecule has 5 rings (SSSR count). The summed E-state index contributed by atoms with van der Waals surface area (Å²) >= 11 is 3.17. The van der Waals surface area contributed by atoms with Gasteiger partial charge in [-0.1, -0.05) is 89.6 Å². The van der Waals surface area contributed by atoms with E-state index in [1.165, 1.54) is 24.8 Å².